The van der Waals surface area contributed by atoms with Crippen molar-refractivity contribution in [2.75, 3.05) is 6.54 Å². The van der Waals surface area contributed by atoms with E-state index in [1.807, 2.05) is 11.6 Å². The Kier molecular flexibility index (Phi) is 14.1. The van der Waals surface area contributed by atoms with Gasteiger partial charge in [0.05, 0.1) is 28.2 Å². The minimum Gasteiger partial charge on any atom is -0.383 e. The van der Waals surface area contributed by atoms with Crippen LogP contribution in [0.25, 0.3) is 10.4 Å². The zero-order valence-corrected chi connectivity index (χ0v) is 29.8. The maximum Gasteiger partial charge on any atom is 0.0801 e. The average molecular weight is 744 g/mol. The van der Waals surface area contributed by atoms with E-state index < -0.39 is 0 Å². The van der Waals surface area contributed by atoms with E-state index in [-0.39, 0.29) is 38.6 Å². The van der Waals surface area contributed by atoms with Gasteiger partial charge in [0.2, 0.25) is 0 Å². The Bertz CT molecular complexity index is 1140. The number of thiazole rings is 1. The Hall–Kier alpha value is -2.10. The number of benzene rings is 1. The van der Waals surface area contributed by atoms with Gasteiger partial charge < -0.3 is 21.5 Å². The summed E-state index contributed by atoms with van der Waals surface area (Å²) < 4.78 is 0. The molecule has 1 aliphatic heterocycles. The smallest absolute Gasteiger partial charge is 0.0801 e. The number of allylic oxidation sites excluding steroid dienone is 2. The number of likely N-dealkylation sites (tertiary alicyclic amines) is 1. The summed E-state index contributed by atoms with van der Waals surface area (Å²) >= 11 is 1.69. The van der Waals surface area contributed by atoms with Gasteiger partial charge in [-0.1, -0.05) is 78.1 Å². The van der Waals surface area contributed by atoms with Crippen LogP contribution in [0.15, 0.2) is 79.3 Å². The third-order valence-electron chi connectivity index (χ3n) is 7.87. The summed E-state index contributed by atoms with van der Waals surface area (Å²) in [6.07, 6.45) is 9.59. The van der Waals surface area contributed by atoms with Gasteiger partial charge in [-0.15, -0.1) is 24.0 Å². The van der Waals surface area contributed by atoms with Crippen LogP contribution in [0.1, 0.15) is 83.9 Å². The Balaban J connectivity index is 0.00000588. The van der Waals surface area contributed by atoms with E-state index >= 15 is 0 Å². The molecule has 3 rings (SSSR count). The fourth-order valence-corrected chi connectivity index (χ4v) is 6.43. The minimum atomic E-state index is -0.00279. The number of aryl methyl sites for hydroxylation is 1. The quantitative estimate of drug-likeness (QED) is 0.133. The average Bonchev–Trinajstić information content (AvgIpc) is 3.58. The summed E-state index contributed by atoms with van der Waals surface area (Å²) in [4.78, 5) is 8.09. The number of nitrogens with one attached hydrogen (secondary N) is 2. The maximum atomic E-state index is 4.63. The first kappa shape index (κ1) is 35.1. The van der Waals surface area contributed by atoms with Crippen molar-refractivity contribution in [3.63, 3.8) is 0 Å². The number of rotatable bonds is 16. The van der Waals surface area contributed by atoms with E-state index in [1.54, 1.807) is 17.3 Å². The fraction of sp³-hybridized carbons (Fsp3) is 0.486. The molecule has 224 valence electrons. The molecule has 1 aliphatic rings. The van der Waals surface area contributed by atoms with Gasteiger partial charge in [0.25, 0.3) is 0 Å². The first-order valence-electron chi connectivity index (χ1n) is 14.8. The van der Waals surface area contributed by atoms with Gasteiger partial charge in [-0.25, -0.2) is 4.98 Å². The van der Waals surface area contributed by atoms with Crippen LogP contribution in [0, 0.1) is 18.3 Å². The van der Waals surface area contributed by atoms with E-state index in [0.717, 1.165) is 74.4 Å². The third-order valence-corrected chi connectivity index (χ3v) is 8.85. The normalized spacial score (nSPS) is 15.8. The van der Waals surface area contributed by atoms with Gasteiger partial charge in [0.1, 0.15) is 0 Å². The Morgan fingerprint density at radius 3 is 2.49 bits per heavy atom. The molecular formula is C35H51N4SW-. The molecule has 0 aliphatic carbocycles. The Morgan fingerprint density at radius 2 is 1.90 bits per heavy atom. The van der Waals surface area contributed by atoms with Gasteiger partial charge in [-0.05, 0) is 42.7 Å². The van der Waals surface area contributed by atoms with Crippen LogP contribution >= 0.6 is 11.3 Å². The van der Waals surface area contributed by atoms with E-state index in [4.69, 9.17) is 0 Å². The number of aromatic nitrogens is 1. The zero-order valence-electron chi connectivity index (χ0n) is 26.0. The van der Waals surface area contributed by atoms with Gasteiger partial charge in [-0.3, -0.25) is 0 Å². The molecule has 0 spiro atoms. The van der Waals surface area contributed by atoms with E-state index in [1.165, 1.54) is 22.4 Å². The molecule has 0 bridgehead atoms. The first-order chi connectivity index (χ1) is 19.0. The Morgan fingerprint density at radius 1 is 1.20 bits per heavy atom. The maximum absolute atomic E-state index is 4.63. The van der Waals surface area contributed by atoms with Crippen LogP contribution < -0.4 is 10.6 Å². The molecule has 2 aromatic rings. The molecule has 2 atom stereocenters. The SMILES string of the molecule is C=CC[C-](CCC)CCC(=C)NC(C(=C)N1CCCC1C(=C)NCc1ccc(-c2scnc2C)cc1)C(C)(C)C.[W]. The first-order valence-corrected chi connectivity index (χ1v) is 15.7. The number of hydrogen-bond acceptors (Lipinski definition) is 5. The molecule has 1 aromatic heterocycles. The summed E-state index contributed by atoms with van der Waals surface area (Å²) in [5, 5.41) is 7.41. The second-order valence-electron chi connectivity index (χ2n) is 12.2. The van der Waals surface area contributed by atoms with Crippen LogP contribution in [-0.2, 0) is 27.6 Å². The van der Waals surface area contributed by atoms with Crippen LogP contribution in [0.2, 0.25) is 0 Å². The molecule has 2 unspecified atom stereocenters. The molecule has 2 N–H and O–H groups in total. The Labute approximate surface area is 268 Å². The van der Waals surface area contributed by atoms with Crippen molar-refractivity contribution in [3.05, 3.63) is 96.4 Å². The summed E-state index contributed by atoms with van der Waals surface area (Å²) in [5.41, 5.74) is 8.75. The van der Waals surface area contributed by atoms with E-state index in [0.29, 0.717) is 0 Å². The van der Waals surface area contributed by atoms with Crippen molar-refractivity contribution in [2.45, 2.75) is 98.2 Å². The molecule has 0 saturated carbocycles. The monoisotopic (exact) mass is 743 g/mol. The third kappa shape index (κ3) is 10.00. The molecule has 6 heteroatoms. The van der Waals surface area contributed by atoms with Crippen LogP contribution in [-0.4, -0.2) is 28.5 Å². The fourth-order valence-electron chi connectivity index (χ4n) is 5.62. The van der Waals surface area contributed by atoms with Gasteiger partial charge in [0, 0.05) is 51.2 Å². The standard InChI is InChI=1S/C35H51N4S.W/c1-10-13-29(14-11-2)17-16-25(3)38-34(35(7,8)9)28(6)39-22-12-15-32(39)26(4)36-23-30-18-20-31(21-19-30)33-27(5)37-24-40-33;/h10,18-21,24,32,34,36,38H,1,3-4,6,11-17,22-23H2,2,5,7-9H3;/q-1;. The molecule has 1 saturated heterocycles. The second kappa shape index (κ2) is 16.5. The number of nitrogens with zero attached hydrogens (tertiary/aromatic N) is 2. The van der Waals surface area contributed by atoms with Gasteiger partial charge >= 0.3 is 0 Å². The van der Waals surface area contributed by atoms with Crippen molar-refractivity contribution in [1.29, 1.82) is 0 Å². The van der Waals surface area contributed by atoms with Crippen molar-refractivity contribution in [1.82, 2.24) is 20.5 Å². The van der Waals surface area contributed by atoms with Crippen molar-refractivity contribution in [2.24, 2.45) is 5.41 Å². The van der Waals surface area contributed by atoms with Crippen molar-refractivity contribution < 1.29 is 21.1 Å². The molecule has 0 amide bonds. The number of hydrogen-bond donors (Lipinski definition) is 2. The van der Waals surface area contributed by atoms with Crippen LogP contribution in [0.3, 0.4) is 0 Å². The predicted octanol–water partition coefficient (Wildman–Crippen LogP) is 8.95. The summed E-state index contributed by atoms with van der Waals surface area (Å²) in [6.45, 7) is 30.4. The summed E-state index contributed by atoms with van der Waals surface area (Å²) in [5.74, 6) is 1.56. The van der Waals surface area contributed by atoms with Crippen molar-refractivity contribution >= 4 is 11.3 Å². The zero-order chi connectivity index (χ0) is 29.3. The molecule has 2 heterocycles. The van der Waals surface area contributed by atoms with E-state index in [2.05, 4.69) is 106 Å². The van der Waals surface area contributed by atoms with Crippen molar-refractivity contribution in [3.8, 4) is 10.4 Å². The topological polar surface area (TPSA) is 40.2 Å². The van der Waals surface area contributed by atoms with Crippen LogP contribution in [0.5, 0.6) is 0 Å². The largest absolute Gasteiger partial charge is 0.383 e. The molecule has 41 heavy (non-hydrogen) atoms. The molecule has 4 nitrogen and oxygen atoms in total. The van der Waals surface area contributed by atoms with Gasteiger partial charge in [0.15, 0.2) is 0 Å². The minimum absolute atomic E-state index is 0. The van der Waals surface area contributed by atoms with Crippen LogP contribution in [0.4, 0.5) is 0 Å². The molecular weight excluding hydrogens is 692 g/mol. The van der Waals surface area contributed by atoms with E-state index in [9.17, 15) is 0 Å². The van der Waals surface area contributed by atoms with Gasteiger partial charge in [-0.2, -0.15) is 19.3 Å². The molecule has 1 aromatic carbocycles. The second-order valence-corrected chi connectivity index (χ2v) is 13.1. The summed E-state index contributed by atoms with van der Waals surface area (Å²) in [7, 11) is 0. The molecule has 1 fully saturated rings. The molecule has 0 radical (unpaired) electrons. The predicted molar refractivity (Wildman–Crippen MR) is 175 cm³/mol. The summed E-state index contributed by atoms with van der Waals surface area (Å²) in [6, 6.07) is 9.12.